The van der Waals surface area contributed by atoms with Crippen LogP contribution in [0.3, 0.4) is 0 Å². The minimum absolute atomic E-state index is 0.139. The second-order valence-corrected chi connectivity index (χ2v) is 6.90. The van der Waals surface area contributed by atoms with Gasteiger partial charge in [-0.25, -0.2) is 0 Å². The van der Waals surface area contributed by atoms with Crippen molar-refractivity contribution < 1.29 is 18.7 Å². The number of aromatic nitrogens is 2. The molecule has 0 bridgehead atoms. The van der Waals surface area contributed by atoms with Gasteiger partial charge in [-0.1, -0.05) is 33.6 Å². The number of carbonyl (C=O) groups excluding carboxylic acids is 1. The Kier molecular flexibility index (Phi) is 6.24. The van der Waals surface area contributed by atoms with E-state index >= 15 is 0 Å². The Hall–Kier alpha value is -2.67. The summed E-state index contributed by atoms with van der Waals surface area (Å²) >= 11 is 3.40. The van der Waals surface area contributed by atoms with Gasteiger partial charge in [0.15, 0.2) is 0 Å². The molecule has 0 atom stereocenters. The van der Waals surface area contributed by atoms with E-state index in [-0.39, 0.29) is 19.0 Å². The zero-order valence-corrected chi connectivity index (χ0v) is 16.7. The number of methoxy groups -OCH3 is 1. The number of ether oxygens (including phenoxy) is 2. The molecule has 1 aromatic heterocycles. The van der Waals surface area contributed by atoms with Crippen LogP contribution in [0.5, 0.6) is 5.75 Å². The molecule has 0 fully saturated rings. The van der Waals surface area contributed by atoms with Gasteiger partial charge >= 0.3 is 5.97 Å². The Bertz CT molecular complexity index is 922. The van der Waals surface area contributed by atoms with Crippen LogP contribution in [0, 0.1) is 6.92 Å². The SMILES string of the molecule is COc1ccc(Br)cc1COC(=O)CCc1nnc(-c2ccc(C)cc2)o1. The third-order valence-corrected chi connectivity index (χ3v) is 4.43. The summed E-state index contributed by atoms with van der Waals surface area (Å²) < 4.78 is 17.1. The summed E-state index contributed by atoms with van der Waals surface area (Å²) in [7, 11) is 1.58. The predicted octanol–water partition coefficient (Wildman–Crippen LogP) is 4.49. The van der Waals surface area contributed by atoms with E-state index in [0.29, 0.717) is 24.0 Å². The normalized spacial score (nSPS) is 10.6. The highest BCUT2D eigenvalue weighted by Crippen LogP contribution is 2.24. The Balaban J connectivity index is 1.52. The van der Waals surface area contributed by atoms with Crippen LogP contribution in [-0.4, -0.2) is 23.3 Å². The molecule has 27 heavy (non-hydrogen) atoms. The molecule has 0 saturated heterocycles. The number of nitrogens with zero attached hydrogens (tertiary/aromatic N) is 2. The van der Waals surface area contributed by atoms with Crippen molar-refractivity contribution in [3.63, 3.8) is 0 Å². The van der Waals surface area contributed by atoms with Crippen LogP contribution in [0.15, 0.2) is 51.4 Å². The fraction of sp³-hybridized carbons (Fsp3) is 0.250. The molecule has 6 nitrogen and oxygen atoms in total. The first-order valence-corrected chi connectivity index (χ1v) is 9.22. The van der Waals surface area contributed by atoms with E-state index in [1.807, 2.05) is 49.4 Å². The van der Waals surface area contributed by atoms with Crippen LogP contribution < -0.4 is 4.74 Å². The van der Waals surface area contributed by atoms with E-state index in [2.05, 4.69) is 26.1 Å². The number of hydrogen-bond acceptors (Lipinski definition) is 6. The maximum Gasteiger partial charge on any atom is 0.306 e. The number of carbonyl (C=O) groups is 1. The highest BCUT2D eigenvalue weighted by molar-refractivity contribution is 9.10. The number of rotatable bonds is 7. The number of esters is 1. The van der Waals surface area contributed by atoms with Crippen molar-refractivity contribution in [3.05, 3.63) is 64.0 Å². The monoisotopic (exact) mass is 430 g/mol. The van der Waals surface area contributed by atoms with Gasteiger partial charge in [-0.3, -0.25) is 4.79 Å². The van der Waals surface area contributed by atoms with Crippen molar-refractivity contribution in [2.45, 2.75) is 26.4 Å². The van der Waals surface area contributed by atoms with Crippen molar-refractivity contribution in [2.75, 3.05) is 7.11 Å². The molecule has 0 aliphatic carbocycles. The van der Waals surface area contributed by atoms with Gasteiger partial charge in [-0.2, -0.15) is 0 Å². The second kappa shape index (κ2) is 8.81. The zero-order valence-electron chi connectivity index (χ0n) is 15.1. The Labute approximate surface area is 165 Å². The van der Waals surface area contributed by atoms with Crippen molar-refractivity contribution >= 4 is 21.9 Å². The molecule has 140 valence electrons. The molecule has 0 amide bonds. The van der Waals surface area contributed by atoms with Crippen molar-refractivity contribution in [2.24, 2.45) is 0 Å². The minimum atomic E-state index is -0.341. The Morgan fingerprint density at radius 3 is 2.67 bits per heavy atom. The van der Waals surface area contributed by atoms with Crippen molar-refractivity contribution in [1.29, 1.82) is 0 Å². The van der Waals surface area contributed by atoms with E-state index in [1.54, 1.807) is 7.11 Å². The lowest BCUT2D eigenvalue weighted by molar-refractivity contribution is -0.145. The van der Waals surface area contributed by atoms with Gasteiger partial charge in [-0.15, -0.1) is 10.2 Å². The van der Waals surface area contributed by atoms with Crippen LogP contribution >= 0.6 is 15.9 Å². The highest BCUT2D eigenvalue weighted by Gasteiger charge is 2.12. The fourth-order valence-electron chi connectivity index (χ4n) is 2.47. The third-order valence-electron chi connectivity index (χ3n) is 3.94. The van der Waals surface area contributed by atoms with Crippen molar-refractivity contribution in [1.82, 2.24) is 10.2 Å². The lowest BCUT2D eigenvalue weighted by Crippen LogP contribution is -2.07. The molecule has 0 saturated carbocycles. The molecule has 3 aromatic rings. The van der Waals surface area contributed by atoms with E-state index in [1.165, 1.54) is 0 Å². The molecule has 0 N–H and O–H groups in total. The standard InChI is InChI=1S/C20H19BrN2O4/c1-13-3-5-14(6-4-13)20-23-22-18(27-20)9-10-19(24)26-12-15-11-16(21)7-8-17(15)25-2/h3-8,11H,9-10,12H2,1-2H3. The topological polar surface area (TPSA) is 74.5 Å². The molecule has 0 unspecified atom stereocenters. The van der Waals surface area contributed by atoms with E-state index in [4.69, 9.17) is 13.9 Å². The molecule has 0 aliphatic heterocycles. The van der Waals surface area contributed by atoms with Crippen LogP contribution in [0.4, 0.5) is 0 Å². The third kappa shape index (κ3) is 5.17. The van der Waals surface area contributed by atoms with Crippen LogP contribution in [0.25, 0.3) is 11.5 Å². The van der Waals surface area contributed by atoms with E-state index in [0.717, 1.165) is 21.2 Å². The number of halogens is 1. The van der Waals surface area contributed by atoms with Gasteiger partial charge in [-0.05, 0) is 37.3 Å². The molecule has 7 heteroatoms. The van der Waals surface area contributed by atoms with Gasteiger partial charge in [0, 0.05) is 22.0 Å². The van der Waals surface area contributed by atoms with Gasteiger partial charge in [0.2, 0.25) is 11.8 Å². The van der Waals surface area contributed by atoms with Gasteiger partial charge in [0.1, 0.15) is 12.4 Å². The Morgan fingerprint density at radius 2 is 1.93 bits per heavy atom. The lowest BCUT2D eigenvalue weighted by Gasteiger charge is -2.09. The quantitative estimate of drug-likeness (QED) is 0.513. The maximum absolute atomic E-state index is 12.0. The summed E-state index contributed by atoms with van der Waals surface area (Å²) in [5.74, 6) is 1.18. The summed E-state index contributed by atoms with van der Waals surface area (Å²) in [5, 5.41) is 8.02. The van der Waals surface area contributed by atoms with Gasteiger partial charge in [0.25, 0.3) is 0 Å². The smallest absolute Gasteiger partial charge is 0.306 e. The van der Waals surface area contributed by atoms with Crippen LogP contribution in [0.2, 0.25) is 0 Å². The Morgan fingerprint density at radius 1 is 1.15 bits per heavy atom. The summed E-state index contributed by atoms with van der Waals surface area (Å²) in [4.78, 5) is 12.0. The average molecular weight is 431 g/mol. The first-order valence-electron chi connectivity index (χ1n) is 8.42. The predicted molar refractivity (Wildman–Crippen MR) is 103 cm³/mol. The number of aryl methyl sites for hydroxylation is 2. The molecule has 2 aromatic carbocycles. The number of benzene rings is 2. The maximum atomic E-state index is 12.0. The average Bonchev–Trinajstić information content (AvgIpc) is 3.14. The molecular formula is C20H19BrN2O4. The van der Waals surface area contributed by atoms with Crippen LogP contribution in [-0.2, 0) is 22.6 Å². The molecule has 1 heterocycles. The molecule has 0 radical (unpaired) electrons. The largest absolute Gasteiger partial charge is 0.496 e. The van der Waals surface area contributed by atoms with E-state index in [9.17, 15) is 4.79 Å². The fourth-order valence-corrected chi connectivity index (χ4v) is 2.88. The summed E-state index contributed by atoms with van der Waals surface area (Å²) in [6.07, 6.45) is 0.485. The highest BCUT2D eigenvalue weighted by atomic mass is 79.9. The summed E-state index contributed by atoms with van der Waals surface area (Å²) in [6, 6.07) is 13.3. The first-order chi connectivity index (χ1) is 13.0. The van der Waals surface area contributed by atoms with Crippen LogP contribution in [0.1, 0.15) is 23.4 Å². The van der Waals surface area contributed by atoms with Gasteiger partial charge < -0.3 is 13.9 Å². The van der Waals surface area contributed by atoms with Gasteiger partial charge in [0.05, 0.1) is 13.5 Å². The summed E-state index contributed by atoms with van der Waals surface area (Å²) in [5.41, 5.74) is 2.80. The van der Waals surface area contributed by atoms with Crippen molar-refractivity contribution in [3.8, 4) is 17.2 Å². The second-order valence-electron chi connectivity index (χ2n) is 5.98. The van der Waals surface area contributed by atoms with E-state index < -0.39 is 0 Å². The molecular weight excluding hydrogens is 412 g/mol. The first kappa shape index (κ1) is 19.1. The molecule has 3 rings (SSSR count). The molecule has 0 spiro atoms. The summed E-state index contributed by atoms with van der Waals surface area (Å²) in [6.45, 7) is 2.15. The number of hydrogen-bond donors (Lipinski definition) is 0. The lowest BCUT2D eigenvalue weighted by atomic mass is 10.1. The molecule has 0 aliphatic rings. The minimum Gasteiger partial charge on any atom is -0.496 e. The zero-order chi connectivity index (χ0) is 19.2.